The van der Waals surface area contributed by atoms with Gasteiger partial charge in [0, 0.05) is 12.1 Å². The van der Waals surface area contributed by atoms with Crippen molar-refractivity contribution < 1.29 is 9.84 Å². The normalized spacial score (nSPS) is 10.3. The molecule has 0 amide bonds. The fraction of sp³-hybridized carbons (Fsp3) is 0.167. The molecule has 0 aliphatic carbocycles. The highest BCUT2D eigenvalue weighted by atomic mass is 35.5. The van der Waals surface area contributed by atoms with E-state index >= 15 is 0 Å². The third-order valence-corrected chi connectivity index (χ3v) is 2.66. The van der Waals surface area contributed by atoms with E-state index in [1.807, 2.05) is 0 Å². The number of nitrogens with zero attached hydrogens (tertiary/aromatic N) is 2. The molecule has 0 saturated heterocycles. The molecule has 1 N–H and O–H groups in total. The van der Waals surface area contributed by atoms with Gasteiger partial charge in [-0.15, -0.1) is 11.6 Å². The van der Waals surface area contributed by atoms with E-state index < -0.39 is 5.56 Å². The summed E-state index contributed by atoms with van der Waals surface area (Å²) < 4.78 is 6.24. The summed E-state index contributed by atoms with van der Waals surface area (Å²) in [5.41, 5.74) is 0.361. The smallest absolute Gasteiger partial charge is 0.275 e. The fourth-order valence-electron chi connectivity index (χ4n) is 1.51. The molecule has 0 aliphatic heterocycles. The van der Waals surface area contributed by atoms with Crippen molar-refractivity contribution in [1.82, 2.24) is 9.78 Å². The lowest BCUT2D eigenvalue weighted by atomic mass is 10.3. The number of aromatic nitrogens is 2. The largest absolute Gasteiger partial charge is 0.506 e. The highest BCUT2D eigenvalue weighted by molar-refractivity contribution is 6.17. The summed E-state index contributed by atoms with van der Waals surface area (Å²) in [5.74, 6) is 0.437. The van der Waals surface area contributed by atoms with Crippen molar-refractivity contribution in [2.24, 2.45) is 0 Å². The standard InChI is InChI=1S/C12H11ClN2O3/c1-18-9-4-2-3-8(5-9)15-12(17)6-11(16)10(7-13)14-15/h2-6,16H,7H2,1H3. The van der Waals surface area contributed by atoms with E-state index in [0.717, 1.165) is 6.07 Å². The Kier molecular flexibility index (Phi) is 3.53. The third-order valence-electron chi connectivity index (χ3n) is 2.41. The van der Waals surface area contributed by atoms with Crippen molar-refractivity contribution in [2.75, 3.05) is 7.11 Å². The molecule has 0 fully saturated rings. The Hall–Kier alpha value is -2.01. The van der Waals surface area contributed by atoms with Crippen LogP contribution in [0.4, 0.5) is 0 Å². The zero-order valence-corrected chi connectivity index (χ0v) is 10.4. The van der Waals surface area contributed by atoms with Crippen LogP contribution in [-0.4, -0.2) is 22.0 Å². The number of alkyl halides is 1. The average Bonchev–Trinajstić information content (AvgIpc) is 2.39. The molecule has 1 aromatic carbocycles. The van der Waals surface area contributed by atoms with Gasteiger partial charge in [-0.2, -0.15) is 9.78 Å². The lowest BCUT2D eigenvalue weighted by molar-refractivity contribution is 0.414. The highest BCUT2D eigenvalue weighted by Crippen LogP contribution is 2.17. The van der Waals surface area contributed by atoms with E-state index in [2.05, 4.69) is 5.10 Å². The number of hydrogen-bond donors (Lipinski definition) is 1. The molecule has 6 heteroatoms. The van der Waals surface area contributed by atoms with Crippen molar-refractivity contribution in [2.45, 2.75) is 5.88 Å². The molecule has 2 rings (SSSR count). The first-order chi connectivity index (χ1) is 8.65. The molecule has 0 unspecified atom stereocenters. The number of aromatic hydroxyl groups is 1. The maximum atomic E-state index is 11.8. The van der Waals surface area contributed by atoms with Gasteiger partial charge in [-0.1, -0.05) is 6.07 Å². The summed E-state index contributed by atoms with van der Waals surface area (Å²) in [6, 6.07) is 7.98. The van der Waals surface area contributed by atoms with Crippen molar-refractivity contribution in [3.8, 4) is 17.2 Å². The minimum atomic E-state index is -0.436. The minimum absolute atomic E-state index is 0.0239. The summed E-state index contributed by atoms with van der Waals surface area (Å²) in [6.45, 7) is 0. The Morgan fingerprint density at radius 1 is 1.44 bits per heavy atom. The van der Waals surface area contributed by atoms with Crippen LogP contribution in [0, 0.1) is 0 Å². The van der Waals surface area contributed by atoms with E-state index in [0.29, 0.717) is 11.4 Å². The molecule has 18 heavy (non-hydrogen) atoms. The predicted octanol–water partition coefficient (Wildman–Crippen LogP) is 1.69. The van der Waals surface area contributed by atoms with Gasteiger partial charge in [-0.3, -0.25) is 4.79 Å². The first-order valence-corrected chi connectivity index (χ1v) is 5.71. The van der Waals surface area contributed by atoms with E-state index in [-0.39, 0.29) is 17.3 Å². The van der Waals surface area contributed by atoms with Gasteiger partial charge in [-0.25, -0.2) is 0 Å². The van der Waals surface area contributed by atoms with Crippen molar-refractivity contribution >= 4 is 11.6 Å². The van der Waals surface area contributed by atoms with E-state index in [4.69, 9.17) is 16.3 Å². The predicted molar refractivity (Wildman–Crippen MR) is 67.6 cm³/mol. The van der Waals surface area contributed by atoms with E-state index in [1.54, 1.807) is 24.3 Å². The fourth-order valence-corrected chi connectivity index (χ4v) is 1.70. The summed E-state index contributed by atoms with van der Waals surface area (Å²) in [7, 11) is 1.54. The molecule has 5 nitrogen and oxygen atoms in total. The Labute approximate surface area is 108 Å². The molecule has 0 atom stereocenters. The number of halogens is 1. The van der Waals surface area contributed by atoms with Gasteiger partial charge >= 0.3 is 0 Å². The number of rotatable bonds is 3. The summed E-state index contributed by atoms with van der Waals surface area (Å²) in [4.78, 5) is 11.8. The van der Waals surface area contributed by atoms with Crippen LogP contribution in [0.1, 0.15) is 5.69 Å². The Bertz CT molecular complexity index is 625. The lowest BCUT2D eigenvalue weighted by Crippen LogP contribution is -2.21. The number of methoxy groups -OCH3 is 1. The first-order valence-electron chi connectivity index (χ1n) is 5.18. The zero-order valence-electron chi connectivity index (χ0n) is 9.63. The maximum Gasteiger partial charge on any atom is 0.275 e. The molecule has 0 spiro atoms. The molecule has 0 aliphatic rings. The third kappa shape index (κ3) is 2.31. The topological polar surface area (TPSA) is 64.3 Å². The van der Waals surface area contributed by atoms with Gasteiger partial charge in [-0.05, 0) is 12.1 Å². The van der Waals surface area contributed by atoms with Crippen LogP contribution in [-0.2, 0) is 5.88 Å². The minimum Gasteiger partial charge on any atom is -0.506 e. The molecular formula is C12H11ClN2O3. The van der Waals surface area contributed by atoms with Crippen LogP contribution in [0.3, 0.4) is 0 Å². The van der Waals surface area contributed by atoms with Crippen molar-refractivity contribution in [3.63, 3.8) is 0 Å². The van der Waals surface area contributed by atoms with Crippen LogP contribution >= 0.6 is 11.6 Å². The molecule has 1 aromatic heterocycles. The average molecular weight is 267 g/mol. The van der Waals surface area contributed by atoms with Crippen LogP contribution in [0.5, 0.6) is 11.5 Å². The Balaban J connectivity index is 2.59. The Morgan fingerprint density at radius 3 is 2.89 bits per heavy atom. The second-order valence-corrected chi connectivity index (χ2v) is 3.83. The van der Waals surface area contributed by atoms with Gasteiger partial charge in [0.05, 0.1) is 18.7 Å². The van der Waals surface area contributed by atoms with Crippen molar-refractivity contribution in [1.29, 1.82) is 0 Å². The maximum absolute atomic E-state index is 11.8. The highest BCUT2D eigenvalue weighted by Gasteiger charge is 2.08. The van der Waals surface area contributed by atoms with Crippen LogP contribution in [0.25, 0.3) is 5.69 Å². The number of benzene rings is 1. The van der Waals surface area contributed by atoms with E-state index in [1.165, 1.54) is 11.8 Å². The molecule has 2 aromatic rings. The van der Waals surface area contributed by atoms with Gasteiger partial charge < -0.3 is 9.84 Å². The quantitative estimate of drug-likeness (QED) is 0.859. The van der Waals surface area contributed by atoms with Crippen LogP contribution in [0.2, 0.25) is 0 Å². The van der Waals surface area contributed by atoms with Crippen LogP contribution < -0.4 is 10.3 Å². The molecule has 1 heterocycles. The van der Waals surface area contributed by atoms with Gasteiger partial charge in [0.25, 0.3) is 5.56 Å². The molecular weight excluding hydrogens is 256 g/mol. The van der Waals surface area contributed by atoms with Gasteiger partial charge in [0.1, 0.15) is 17.2 Å². The molecule has 0 saturated carbocycles. The second-order valence-electron chi connectivity index (χ2n) is 3.56. The summed E-state index contributed by atoms with van der Waals surface area (Å²) in [5, 5.41) is 13.5. The SMILES string of the molecule is COc1cccc(-n2nc(CCl)c(O)cc2=O)c1. The lowest BCUT2D eigenvalue weighted by Gasteiger charge is -2.08. The van der Waals surface area contributed by atoms with Gasteiger partial charge in [0.15, 0.2) is 0 Å². The first kappa shape index (κ1) is 12.4. The molecule has 94 valence electrons. The van der Waals surface area contributed by atoms with Gasteiger partial charge in [0.2, 0.25) is 0 Å². The molecule has 0 radical (unpaired) electrons. The Morgan fingerprint density at radius 2 is 2.22 bits per heavy atom. The number of ether oxygens (including phenoxy) is 1. The summed E-state index contributed by atoms with van der Waals surface area (Å²) in [6.07, 6.45) is 0. The zero-order chi connectivity index (χ0) is 13.1. The van der Waals surface area contributed by atoms with Crippen molar-refractivity contribution in [3.05, 3.63) is 46.4 Å². The molecule has 0 bridgehead atoms. The van der Waals surface area contributed by atoms with E-state index in [9.17, 15) is 9.90 Å². The summed E-state index contributed by atoms with van der Waals surface area (Å²) >= 11 is 5.64. The monoisotopic (exact) mass is 266 g/mol. The number of hydrogen-bond acceptors (Lipinski definition) is 4. The van der Waals surface area contributed by atoms with Crippen LogP contribution in [0.15, 0.2) is 35.1 Å². The second kappa shape index (κ2) is 5.10.